The molecule has 0 saturated heterocycles. The average molecular weight is 395 g/mol. The van der Waals surface area contributed by atoms with Crippen LogP contribution in [0.2, 0.25) is 0 Å². The third kappa shape index (κ3) is 3.21. The summed E-state index contributed by atoms with van der Waals surface area (Å²) in [5.41, 5.74) is 0.954. The molecular weight excluding hydrogens is 382 g/mol. The Morgan fingerprint density at radius 2 is 1.93 bits per heavy atom. The average Bonchev–Trinajstić information content (AvgIpc) is 3.02. The van der Waals surface area contributed by atoms with Gasteiger partial charge in [-0.05, 0) is 12.1 Å². The highest BCUT2D eigenvalue weighted by atomic mass is 32.1. The SMILES string of the molecule is C#CCn1c(=NC(=O)c2ccc([N+](=O)[O-])cc2)sc2cc3c(cc21)OCCO3. The van der Waals surface area contributed by atoms with E-state index in [0.29, 0.717) is 29.5 Å². The van der Waals surface area contributed by atoms with E-state index in [-0.39, 0.29) is 17.8 Å². The van der Waals surface area contributed by atoms with Gasteiger partial charge in [0.1, 0.15) is 13.2 Å². The van der Waals surface area contributed by atoms with Crippen LogP contribution in [0, 0.1) is 22.5 Å². The number of rotatable bonds is 3. The predicted octanol–water partition coefficient (Wildman–Crippen LogP) is 2.76. The summed E-state index contributed by atoms with van der Waals surface area (Å²) < 4.78 is 13.8. The number of hydrogen-bond donors (Lipinski definition) is 0. The van der Waals surface area contributed by atoms with Crippen LogP contribution >= 0.6 is 11.3 Å². The van der Waals surface area contributed by atoms with Crippen LogP contribution in [0.1, 0.15) is 10.4 Å². The smallest absolute Gasteiger partial charge is 0.279 e. The number of non-ortho nitro benzene ring substituents is 1. The number of aromatic nitrogens is 1. The van der Waals surface area contributed by atoms with E-state index in [1.165, 1.54) is 35.6 Å². The third-order valence-electron chi connectivity index (χ3n) is 4.12. The molecular formula is C19H13N3O5S. The van der Waals surface area contributed by atoms with Crippen molar-refractivity contribution in [1.29, 1.82) is 0 Å². The first-order chi connectivity index (χ1) is 13.6. The summed E-state index contributed by atoms with van der Waals surface area (Å²) >= 11 is 1.30. The Morgan fingerprint density at radius 3 is 2.57 bits per heavy atom. The van der Waals surface area contributed by atoms with Crippen LogP contribution < -0.4 is 14.3 Å². The molecule has 0 fully saturated rings. The number of fused-ring (bicyclic) bond motifs is 2. The molecule has 0 saturated carbocycles. The van der Waals surface area contributed by atoms with Crippen molar-refractivity contribution in [1.82, 2.24) is 4.57 Å². The molecule has 1 amide bonds. The molecule has 0 unspecified atom stereocenters. The maximum absolute atomic E-state index is 12.5. The minimum Gasteiger partial charge on any atom is -0.486 e. The summed E-state index contributed by atoms with van der Waals surface area (Å²) in [6, 6.07) is 8.97. The first-order valence-corrected chi connectivity index (χ1v) is 9.08. The molecule has 1 aliphatic rings. The Balaban J connectivity index is 1.80. The number of terminal acetylenes is 1. The summed E-state index contributed by atoms with van der Waals surface area (Å²) in [5, 5.41) is 10.8. The van der Waals surface area contributed by atoms with Crippen molar-refractivity contribution in [3.05, 3.63) is 56.9 Å². The molecule has 1 aromatic heterocycles. The van der Waals surface area contributed by atoms with Gasteiger partial charge < -0.3 is 14.0 Å². The number of nitrogens with zero attached hydrogens (tertiary/aromatic N) is 3. The van der Waals surface area contributed by atoms with Crippen LogP contribution in [0.5, 0.6) is 11.5 Å². The van der Waals surface area contributed by atoms with Gasteiger partial charge in [0.2, 0.25) is 0 Å². The topological polar surface area (TPSA) is 96.0 Å². The number of thiazole rings is 1. The van der Waals surface area contributed by atoms with Gasteiger partial charge in [-0.15, -0.1) is 6.42 Å². The van der Waals surface area contributed by atoms with Crippen LogP contribution in [0.15, 0.2) is 41.4 Å². The van der Waals surface area contributed by atoms with Gasteiger partial charge in [0, 0.05) is 29.8 Å². The lowest BCUT2D eigenvalue weighted by Crippen LogP contribution is -2.17. The molecule has 2 aromatic carbocycles. The van der Waals surface area contributed by atoms with E-state index >= 15 is 0 Å². The molecule has 28 heavy (non-hydrogen) atoms. The second-order valence-electron chi connectivity index (χ2n) is 5.86. The number of carbonyl (C=O) groups is 1. The molecule has 0 N–H and O–H groups in total. The number of nitro benzene ring substituents is 1. The first-order valence-electron chi connectivity index (χ1n) is 8.27. The zero-order chi connectivity index (χ0) is 19.7. The molecule has 140 valence electrons. The van der Waals surface area contributed by atoms with E-state index in [0.717, 1.165) is 10.2 Å². The molecule has 0 radical (unpaired) electrons. The lowest BCUT2D eigenvalue weighted by molar-refractivity contribution is -0.384. The van der Waals surface area contributed by atoms with Crippen molar-refractivity contribution in [2.75, 3.05) is 13.2 Å². The Morgan fingerprint density at radius 1 is 1.25 bits per heavy atom. The van der Waals surface area contributed by atoms with Gasteiger partial charge in [0.05, 0.1) is 21.7 Å². The standard InChI is InChI=1S/C19H13N3O5S/c1-2-7-21-14-10-15-16(27-9-8-26-15)11-17(14)28-19(21)20-18(23)12-3-5-13(6-4-12)22(24)25/h1,3-6,10-11H,7-9H2. The number of amides is 1. The van der Waals surface area contributed by atoms with Gasteiger partial charge in [-0.1, -0.05) is 17.3 Å². The van der Waals surface area contributed by atoms with Gasteiger partial charge in [0.25, 0.3) is 11.6 Å². The largest absolute Gasteiger partial charge is 0.486 e. The zero-order valence-corrected chi connectivity index (χ0v) is 15.3. The number of carbonyl (C=O) groups excluding carboxylic acids is 1. The molecule has 9 heteroatoms. The van der Waals surface area contributed by atoms with E-state index in [1.807, 2.05) is 12.1 Å². The third-order valence-corrected chi connectivity index (χ3v) is 5.16. The highest BCUT2D eigenvalue weighted by Gasteiger charge is 2.17. The van der Waals surface area contributed by atoms with E-state index in [9.17, 15) is 14.9 Å². The van der Waals surface area contributed by atoms with E-state index in [1.54, 1.807) is 4.57 Å². The fourth-order valence-corrected chi connectivity index (χ4v) is 3.85. The monoisotopic (exact) mass is 395 g/mol. The van der Waals surface area contributed by atoms with Crippen LogP contribution in [-0.4, -0.2) is 28.6 Å². The lowest BCUT2D eigenvalue weighted by atomic mass is 10.2. The second-order valence-corrected chi connectivity index (χ2v) is 6.87. The fourth-order valence-electron chi connectivity index (χ4n) is 2.81. The van der Waals surface area contributed by atoms with Crippen molar-refractivity contribution < 1.29 is 19.2 Å². The predicted molar refractivity (Wildman–Crippen MR) is 103 cm³/mol. The van der Waals surface area contributed by atoms with Crippen LogP contribution in [0.4, 0.5) is 5.69 Å². The normalized spacial score (nSPS) is 13.3. The van der Waals surface area contributed by atoms with Crippen LogP contribution in [-0.2, 0) is 6.54 Å². The maximum atomic E-state index is 12.5. The highest BCUT2D eigenvalue weighted by Crippen LogP contribution is 2.35. The van der Waals surface area contributed by atoms with E-state index in [2.05, 4.69) is 10.9 Å². The van der Waals surface area contributed by atoms with E-state index in [4.69, 9.17) is 15.9 Å². The van der Waals surface area contributed by atoms with Crippen molar-refractivity contribution >= 4 is 33.1 Å². The van der Waals surface area contributed by atoms with Gasteiger partial charge in [-0.25, -0.2) is 0 Å². The molecule has 0 aliphatic carbocycles. The van der Waals surface area contributed by atoms with Crippen molar-refractivity contribution in [3.8, 4) is 23.8 Å². The molecule has 0 bridgehead atoms. The number of ether oxygens (including phenoxy) is 2. The number of hydrogen-bond acceptors (Lipinski definition) is 6. The van der Waals surface area contributed by atoms with Crippen molar-refractivity contribution in [3.63, 3.8) is 0 Å². The number of nitro groups is 1. The quantitative estimate of drug-likeness (QED) is 0.386. The summed E-state index contributed by atoms with van der Waals surface area (Å²) in [7, 11) is 0. The van der Waals surface area contributed by atoms with Gasteiger partial charge in [0.15, 0.2) is 16.3 Å². The van der Waals surface area contributed by atoms with Crippen molar-refractivity contribution in [2.45, 2.75) is 6.54 Å². The molecule has 0 spiro atoms. The van der Waals surface area contributed by atoms with E-state index < -0.39 is 10.8 Å². The Labute approximate surface area is 162 Å². The van der Waals surface area contributed by atoms with Crippen molar-refractivity contribution in [2.24, 2.45) is 4.99 Å². The molecule has 4 rings (SSSR count). The fraction of sp³-hybridized carbons (Fsp3) is 0.158. The molecule has 3 aromatic rings. The molecule has 8 nitrogen and oxygen atoms in total. The van der Waals surface area contributed by atoms with Gasteiger partial charge in [-0.3, -0.25) is 14.9 Å². The summed E-state index contributed by atoms with van der Waals surface area (Å²) in [4.78, 5) is 27.4. The van der Waals surface area contributed by atoms with Gasteiger partial charge in [-0.2, -0.15) is 4.99 Å². The second kappa shape index (κ2) is 7.17. The number of benzene rings is 2. The minimum atomic E-state index is -0.524. The molecule has 1 aliphatic heterocycles. The molecule has 2 heterocycles. The molecule has 0 atom stereocenters. The Bertz CT molecular complexity index is 1200. The highest BCUT2D eigenvalue weighted by molar-refractivity contribution is 7.16. The minimum absolute atomic E-state index is 0.0913. The van der Waals surface area contributed by atoms with Crippen LogP contribution in [0.25, 0.3) is 10.2 Å². The zero-order valence-electron chi connectivity index (χ0n) is 14.5. The first kappa shape index (κ1) is 17.8. The Kier molecular flexibility index (Phi) is 4.55. The lowest BCUT2D eigenvalue weighted by Gasteiger charge is -2.18. The van der Waals surface area contributed by atoms with Gasteiger partial charge >= 0.3 is 0 Å². The summed E-state index contributed by atoms with van der Waals surface area (Å²) in [5.74, 6) is 3.32. The summed E-state index contributed by atoms with van der Waals surface area (Å²) in [6.07, 6.45) is 5.49. The van der Waals surface area contributed by atoms with Crippen LogP contribution in [0.3, 0.4) is 0 Å². The Hall–Kier alpha value is -3.64. The maximum Gasteiger partial charge on any atom is 0.279 e. The summed E-state index contributed by atoms with van der Waals surface area (Å²) in [6.45, 7) is 1.17.